The zero-order chi connectivity index (χ0) is 23.3. The van der Waals surface area contributed by atoms with Crippen LogP contribution in [0.3, 0.4) is 0 Å². The van der Waals surface area contributed by atoms with E-state index in [1.54, 1.807) is 5.57 Å². The van der Waals surface area contributed by atoms with Crippen LogP contribution in [-0.4, -0.2) is 17.5 Å². The largest absolute Gasteiger partial charge is 0.367 e. The van der Waals surface area contributed by atoms with Gasteiger partial charge in [0.15, 0.2) is 0 Å². The molecule has 0 radical (unpaired) electrons. The molecule has 0 aromatic carbocycles. The summed E-state index contributed by atoms with van der Waals surface area (Å²) < 4.78 is 5.89. The third-order valence-corrected chi connectivity index (χ3v) is 12.3. The van der Waals surface area contributed by atoms with Gasteiger partial charge in [-0.15, -0.1) is 0 Å². The van der Waals surface area contributed by atoms with Crippen LogP contribution in [-0.2, 0) is 9.53 Å². The molecule has 32 heavy (non-hydrogen) atoms. The Labute approximate surface area is 197 Å². The highest BCUT2D eigenvalue weighted by Crippen LogP contribution is 2.72. The van der Waals surface area contributed by atoms with E-state index >= 15 is 0 Å². The van der Waals surface area contributed by atoms with E-state index in [9.17, 15) is 4.79 Å². The Hall–Kier alpha value is -0.630. The number of hydrogen-bond acceptors (Lipinski definition) is 2. The molecule has 4 aliphatic carbocycles. The van der Waals surface area contributed by atoms with Gasteiger partial charge in [0.05, 0.1) is 11.7 Å². The van der Waals surface area contributed by atoms with Crippen molar-refractivity contribution in [1.82, 2.24) is 0 Å². The maximum Gasteiger partial charge on any atom is 0.138 e. The number of hydrogen-bond donors (Lipinski definition) is 0. The number of Topliss-reactive ketones (excluding diaryl/α,β-unsaturated/α-hetero) is 1. The molecule has 1 saturated heterocycles. The van der Waals surface area contributed by atoms with Crippen molar-refractivity contribution in [3.8, 4) is 0 Å². The van der Waals surface area contributed by atoms with Gasteiger partial charge in [-0.3, -0.25) is 4.79 Å². The van der Waals surface area contributed by atoms with Crippen LogP contribution in [0.5, 0.6) is 0 Å². The van der Waals surface area contributed by atoms with E-state index in [0.717, 1.165) is 24.7 Å². The number of ether oxygens (including phenoxy) is 1. The highest BCUT2D eigenvalue weighted by Gasteiger charge is 2.63. The Balaban J connectivity index is 1.42. The van der Waals surface area contributed by atoms with Gasteiger partial charge in [-0.05, 0) is 106 Å². The summed E-state index contributed by atoms with van der Waals surface area (Å²) in [5.41, 5.74) is 4.64. The quantitative estimate of drug-likeness (QED) is 0.328. The zero-order valence-electron chi connectivity index (χ0n) is 22.2. The molecule has 2 saturated carbocycles. The number of epoxide rings is 1. The van der Waals surface area contributed by atoms with E-state index < -0.39 is 0 Å². The molecule has 7 atom stereocenters. The summed E-state index contributed by atoms with van der Waals surface area (Å²) in [6.07, 6.45) is 12.7. The molecule has 1 heterocycles. The minimum absolute atomic E-state index is 0.127. The van der Waals surface area contributed by atoms with Crippen molar-refractivity contribution in [2.75, 3.05) is 0 Å². The number of rotatable bonds is 4. The summed E-state index contributed by atoms with van der Waals surface area (Å²) in [5, 5.41) is 0. The Morgan fingerprint density at radius 2 is 1.59 bits per heavy atom. The molecule has 0 bridgehead atoms. The molecule has 1 aliphatic heterocycles. The van der Waals surface area contributed by atoms with Crippen molar-refractivity contribution in [2.45, 2.75) is 131 Å². The van der Waals surface area contributed by atoms with Crippen molar-refractivity contribution in [2.24, 2.45) is 39.4 Å². The van der Waals surface area contributed by atoms with Gasteiger partial charge >= 0.3 is 0 Å². The molecule has 0 aromatic rings. The number of ketones is 1. The van der Waals surface area contributed by atoms with E-state index in [0.29, 0.717) is 28.6 Å². The molecular formula is C30H48O2. The first kappa shape index (κ1) is 23.1. The summed E-state index contributed by atoms with van der Waals surface area (Å²) in [4.78, 5) is 12.8. The summed E-state index contributed by atoms with van der Waals surface area (Å²) in [6.45, 7) is 19.3. The van der Waals surface area contributed by atoms with Gasteiger partial charge in [0, 0.05) is 11.8 Å². The van der Waals surface area contributed by atoms with Crippen LogP contribution in [0.15, 0.2) is 11.1 Å². The first-order valence-corrected chi connectivity index (χ1v) is 13.7. The summed E-state index contributed by atoms with van der Waals surface area (Å²) >= 11 is 0. The summed E-state index contributed by atoms with van der Waals surface area (Å²) in [5.74, 6) is 2.65. The lowest BCUT2D eigenvalue weighted by Gasteiger charge is -2.61. The Morgan fingerprint density at radius 3 is 2.25 bits per heavy atom. The molecule has 2 nitrogen and oxygen atoms in total. The van der Waals surface area contributed by atoms with Crippen molar-refractivity contribution < 1.29 is 9.53 Å². The molecule has 0 amide bonds. The van der Waals surface area contributed by atoms with Gasteiger partial charge in [-0.25, -0.2) is 0 Å². The molecule has 5 rings (SSSR count). The molecule has 0 N–H and O–H groups in total. The van der Waals surface area contributed by atoms with Crippen LogP contribution in [0, 0.1) is 39.4 Å². The van der Waals surface area contributed by atoms with Crippen LogP contribution < -0.4 is 0 Å². The second kappa shape index (κ2) is 6.96. The number of carbonyl (C=O) groups excluding carboxylic acids is 1. The fraction of sp³-hybridized carbons (Fsp3) is 0.900. The molecule has 3 fully saturated rings. The van der Waals surface area contributed by atoms with Gasteiger partial charge < -0.3 is 4.74 Å². The maximum absolute atomic E-state index is 12.8. The molecule has 4 unspecified atom stereocenters. The topological polar surface area (TPSA) is 29.6 Å². The van der Waals surface area contributed by atoms with Crippen molar-refractivity contribution in [1.29, 1.82) is 0 Å². The van der Waals surface area contributed by atoms with Gasteiger partial charge in [-0.1, -0.05) is 52.7 Å². The SMILES string of the molecule is CC(CCC1OC1(C)C)C1CC[C@@]2(C)C3=C(CC[C@]12C)[C@@]1(C)CCC(=O)C(C)(C)C1CC3. The average molecular weight is 441 g/mol. The highest BCUT2D eigenvalue weighted by molar-refractivity contribution is 5.85. The van der Waals surface area contributed by atoms with Crippen LogP contribution >= 0.6 is 0 Å². The fourth-order valence-corrected chi connectivity index (χ4v) is 9.80. The highest BCUT2D eigenvalue weighted by atomic mass is 16.6. The van der Waals surface area contributed by atoms with Crippen LogP contribution in [0.25, 0.3) is 0 Å². The van der Waals surface area contributed by atoms with Crippen LogP contribution in [0.1, 0.15) is 120 Å². The van der Waals surface area contributed by atoms with Crippen LogP contribution in [0.2, 0.25) is 0 Å². The minimum Gasteiger partial charge on any atom is -0.367 e. The number of carbonyl (C=O) groups is 1. The first-order chi connectivity index (χ1) is 14.8. The smallest absolute Gasteiger partial charge is 0.138 e. The fourth-order valence-electron chi connectivity index (χ4n) is 9.80. The lowest BCUT2D eigenvalue weighted by atomic mass is 9.43. The van der Waals surface area contributed by atoms with Crippen molar-refractivity contribution >= 4 is 5.78 Å². The van der Waals surface area contributed by atoms with E-state index in [1.165, 1.54) is 51.4 Å². The zero-order valence-corrected chi connectivity index (χ0v) is 22.2. The molecule has 0 spiro atoms. The summed E-state index contributed by atoms with van der Waals surface area (Å²) in [7, 11) is 0. The van der Waals surface area contributed by atoms with Gasteiger partial charge in [0.2, 0.25) is 0 Å². The molecule has 0 aromatic heterocycles. The standard InChI is InChI=1S/C30H48O2/c1-19(9-12-25-27(4,5)32-25)20-13-17-30(8)22-10-11-23-26(2,3)24(31)15-16-28(23,6)21(22)14-18-29(20,30)7/h19-20,23,25H,9-18H2,1-8H3/t19?,20?,23?,25?,28-,29-,30+/m1/s1. The lowest BCUT2D eigenvalue weighted by molar-refractivity contribution is -0.139. The molecule has 2 heteroatoms. The average Bonchev–Trinajstić information content (AvgIpc) is 3.22. The number of allylic oxidation sites excluding steroid dienone is 2. The second-order valence-electron chi connectivity index (χ2n) is 14.3. The molecular weight excluding hydrogens is 392 g/mol. The molecule has 180 valence electrons. The first-order valence-electron chi connectivity index (χ1n) is 13.7. The van der Waals surface area contributed by atoms with E-state index in [2.05, 4.69) is 55.4 Å². The van der Waals surface area contributed by atoms with Crippen LogP contribution in [0.4, 0.5) is 0 Å². The van der Waals surface area contributed by atoms with Gasteiger partial charge in [0.25, 0.3) is 0 Å². The normalized spacial score (nSPS) is 47.5. The van der Waals surface area contributed by atoms with Gasteiger partial charge in [-0.2, -0.15) is 0 Å². The van der Waals surface area contributed by atoms with E-state index in [-0.39, 0.29) is 16.4 Å². The maximum atomic E-state index is 12.8. The Kier molecular flexibility index (Phi) is 5.03. The second-order valence-corrected chi connectivity index (χ2v) is 14.3. The van der Waals surface area contributed by atoms with Gasteiger partial charge in [0.1, 0.15) is 5.78 Å². The Bertz CT molecular complexity index is 849. The Morgan fingerprint density at radius 1 is 0.906 bits per heavy atom. The third-order valence-electron chi connectivity index (χ3n) is 12.3. The predicted molar refractivity (Wildman–Crippen MR) is 131 cm³/mol. The predicted octanol–water partition coefficient (Wildman–Crippen LogP) is 7.90. The summed E-state index contributed by atoms with van der Waals surface area (Å²) in [6, 6.07) is 0. The van der Waals surface area contributed by atoms with E-state index in [4.69, 9.17) is 4.74 Å². The van der Waals surface area contributed by atoms with Crippen molar-refractivity contribution in [3.05, 3.63) is 11.1 Å². The van der Waals surface area contributed by atoms with Crippen molar-refractivity contribution in [3.63, 3.8) is 0 Å². The van der Waals surface area contributed by atoms with E-state index in [1.807, 2.05) is 5.57 Å². The number of fused-ring (bicyclic) bond motifs is 4. The lowest BCUT2D eigenvalue weighted by Crippen LogP contribution is -2.53. The minimum atomic E-state index is -0.154. The monoisotopic (exact) mass is 440 g/mol. The molecule has 5 aliphatic rings. The third kappa shape index (κ3) is 2.96.